The molecule has 0 saturated heterocycles. The number of anilines is 1. The van der Waals surface area contributed by atoms with E-state index < -0.39 is 0 Å². The molecule has 3 rings (SSSR count). The summed E-state index contributed by atoms with van der Waals surface area (Å²) in [6.07, 6.45) is 2.01. The number of hydrogen-bond acceptors (Lipinski definition) is 2. The lowest BCUT2D eigenvalue weighted by atomic mass is 10.1. The number of benzene rings is 2. The zero-order valence-corrected chi connectivity index (χ0v) is 11.4. The summed E-state index contributed by atoms with van der Waals surface area (Å²) in [6, 6.07) is 15.5. The van der Waals surface area contributed by atoms with Gasteiger partial charge in [-0.1, -0.05) is 17.7 Å². The summed E-state index contributed by atoms with van der Waals surface area (Å²) < 4.78 is 2.12. The second-order valence-electron chi connectivity index (χ2n) is 4.68. The van der Waals surface area contributed by atoms with Gasteiger partial charge in [0.25, 0.3) is 0 Å². The van der Waals surface area contributed by atoms with Crippen molar-refractivity contribution >= 4 is 28.2 Å². The maximum atomic E-state index is 8.91. The second kappa shape index (κ2) is 4.92. The van der Waals surface area contributed by atoms with E-state index >= 15 is 0 Å². The Kier molecular flexibility index (Phi) is 3.09. The zero-order chi connectivity index (χ0) is 14.1. The summed E-state index contributed by atoms with van der Waals surface area (Å²) in [6.45, 7) is 0.719. The van der Waals surface area contributed by atoms with Gasteiger partial charge in [0.1, 0.15) is 0 Å². The first-order chi connectivity index (χ1) is 9.67. The minimum absolute atomic E-state index is 0.574. The van der Waals surface area contributed by atoms with Crippen LogP contribution >= 0.6 is 11.6 Å². The van der Waals surface area contributed by atoms with Crippen molar-refractivity contribution in [1.29, 1.82) is 5.26 Å². The molecule has 0 saturated carbocycles. The third-order valence-corrected chi connectivity index (χ3v) is 3.66. The van der Waals surface area contributed by atoms with E-state index in [0.717, 1.165) is 23.0 Å². The number of nitrogen functional groups attached to an aromatic ring is 1. The smallest absolute Gasteiger partial charge is 0.0991 e. The highest BCUT2D eigenvalue weighted by molar-refractivity contribution is 6.33. The molecule has 0 atom stereocenters. The first-order valence-corrected chi connectivity index (χ1v) is 6.58. The van der Waals surface area contributed by atoms with Crippen LogP contribution in [-0.2, 0) is 6.54 Å². The number of halogens is 1. The maximum Gasteiger partial charge on any atom is 0.0991 e. The number of nitrogens with zero attached hydrogens (tertiary/aromatic N) is 2. The summed E-state index contributed by atoms with van der Waals surface area (Å²) in [5.74, 6) is 0. The molecule has 2 aromatic carbocycles. The molecule has 1 aromatic heterocycles. The Hall–Kier alpha value is -2.44. The van der Waals surface area contributed by atoms with Crippen LogP contribution in [0, 0.1) is 11.3 Å². The van der Waals surface area contributed by atoms with Crippen LogP contribution in [0.2, 0.25) is 5.02 Å². The highest BCUT2D eigenvalue weighted by atomic mass is 35.5. The molecule has 0 bridgehead atoms. The van der Waals surface area contributed by atoms with Crippen LogP contribution in [0.4, 0.5) is 5.69 Å². The Morgan fingerprint density at radius 2 is 2.00 bits per heavy atom. The molecule has 0 radical (unpaired) electrons. The third-order valence-electron chi connectivity index (χ3n) is 3.31. The van der Waals surface area contributed by atoms with Gasteiger partial charge in [-0.15, -0.1) is 0 Å². The van der Waals surface area contributed by atoms with Gasteiger partial charge in [-0.05, 0) is 42.0 Å². The van der Waals surface area contributed by atoms with Gasteiger partial charge in [0.15, 0.2) is 0 Å². The molecule has 3 nitrogen and oxygen atoms in total. The van der Waals surface area contributed by atoms with Crippen LogP contribution in [0.5, 0.6) is 0 Å². The molecule has 0 unspecified atom stereocenters. The Bertz CT molecular complexity index is 827. The highest BCUT2D eigenvalue weighted by Gasteiger charge is 2.04. The van der Waals surface area contributed by atoms with Crippen LogP contribution in [0.25, 0.3) is 10.9 Å². The fraction of sp³-hybridized carbons (Fsp3) is 0.0625. The number of fused-ring (bicyclic) bond motifs is 1. The van der Waals surface area contributed by atoms with Crippen LogP contribution in [0.1, 0.15) is 11.1 Å². The van der Waals surface area contributed by atoms with Crippen molar-refractivity contribution in [2.75, 3.05) is 5.73 Å². The predicted octanol–water partition coefficient (Wildman–Crippen LogP) is 3.80. The Morgan fingerprint density at radius 3 is 2.75 bits per heavy atom. The molecule has 2 N–H and O–H groups in total. The number of hydrogen-bond donors (Lipinski definition) is 1. The molecule has 4 heteroatoms. The van der Waals surface area contributed by atoms with Crippen molar-refractivity contribution in [1.82, 2.24) is 4.57 Å². The van der Waals surface area contributed by atoms with E-state index in [1.54, 1.807) is 0 Å². The summed E-state index contributed by atoms with van der Waals surface area (Å²) in [7, 11) is 0. The van der Waals surface area contributed by atoms with Crippen molar-refractivity contribution in [3.63, 3.8) is 0 Å². The Balaban J connectivity index is 1.98. The van der Waals surface area contributed by atoms with E-state index in [0.29, 0.717) is 16.3 Å². The average molecular weight is 282 g/mol. The molecule has 0 amide bonds. The first-order valence-electron chi connectivity index (χ1n) is 6.20. The quantitative estimate of drug-likeness (QED) is 0.727. The van der Waals surface area contributed by atoms with Crippen LogP contribution in [0.3, 0.4) is 0 Å². The molecule has 20 heavy (non-hydrogen) atoms. The maximum absolute atomic E-state index is 8.91. The fourth-order valence-electron chi connectivity index (χ4n) is 2.30. The summed E-state index contributed by atoms with van der Waals surface area (Å²) >= 11 is 5.93. The van der Waals surface area contributed by atoms with Gasteiger partial charge in [0, 0.05) is 23.6 Å². The van der Waals surface area contributed by atoms with Crippen molar-refractivity contribution in [2.24, 2.45) is 0 Å². The van der Waals surface area contributed by atoms with Crippen LogP contribution in [-0.4, -0.2) is 4.57 Å². The Labute approximate surface area is 121 Å². The fourth-order valence-corrected chi connectivity index (χ4v) is 2.41. The largest absolute Gasteiger partial charge is 0.398 e. The molecule has 0 aliphatic rings. The average Bonchev–Trinajstić information content (AvgIpc) is 2.85. The van der Waals surface area contributed by atoms with Gasteiger partial charge >= 0.3 is 0 Å². The van der Waals surface area contributed by atoms with E-state index in [-0.39, 0.29) is 0 Å². The van der Waals surface area contributed by atoms with Crippen LogP contribution < -0.4 is 5.73 Å². The predicted molar refractivity (Wildman–Crippen MR) is 81.6 cm³/mol. The van der Waals surface area contributed by atoms with E-state index in [4.69, 9.17) is 22.6 Å². The number of nitrogens with two attached hydrogens (primary N) is 1. The standard InChI is InChI=1S/C16H12ClN3/c17-14-3-1-12(8-15(14)19)10-20-6-5-13-7-11(9-18)2-4-16(13)20/h1-8H,10,19H2. The molecule has 0 aliphatic heterocycles. The molecule has 98 valence electrons. The number of aromatic nitrogens is 1. The SMILES string of the molecule is N#Cc1ccc2c(ccn2Cc2ccc(Cl)c(N)c2)c1. The minimum atomic E-state index is 0.574. The second-order valence-corrected chi connectivity index (χ2v) is 5.09. The third kappa shape index (κ3) is 2.22. The van der Waals surface area contributed by atoms with Gasteiger partial charge < -0.3 is 10.3 Å². The van der Waals surface area contributed by atoms with Crippen molar-refractivity contribution < 1.29 is 0 Å². The topological polar surface area (TPSA) is 54.7 Å². The Morgan fingerprint density at radius 1 is 1.15 bits per heavy atom. The van der Waals surface area contributed by atoms with E-state index in [1.807, 2.05) is 48.7 Å². The molecule has 3 aromatic rings. The van der Waals surface area contributed by atoms with Crippen molar-refractivity contribution in [3.8, 4) is 6.07 Å². The van der Waals surface area contributed by atoms with Gasteiger partial charge in [-0.3, -0.25) is 0 Å². The minimum Gasteiger partial charge on any atom is -0.398 e. The summed E-state index contributed by atoms with van der Waals surface area (Å²) in [5, 5.41) is 10.5. The van der Waals surface area contributed by atoms with E-state index in [1.165, 1.54) is 0 Å². The molecule has 0 spiro atoms. The number of rotatable bonds is 2. The van der Waals surface area contributed by atoms with Gasteiger partial charge in [-0.2, -0.15) is 5.26 Å². The monoisotopic (exact) mass is 281 g/mol. The zero-order valence-electron chi connectivity index (χ0n) is 10.7. The van der Waals surface area contributed by atoms with Gasteiger partial charge in [-0.25, -0.2) is 0 Å². The molecule has 0 fully saturated rings. The van der Waals surface area contributed by atoms with Gasteiger partial charge in [0.2, 0.25) is 0 Å². The summed E-state index contributed by atoms with van der Waals surface area (Å²) in [4.78, 5) is 0. The molecular weight excluding hydrogens is 270 g/mol. The van der Waals surface area contributed by atoms with Crippen molar-refractivity contribution in [3.05, 3.63) is 64.8 Å². The van der Waals surface area contributed by atoms with Crippen LogP contribution in [0.15, 0.2) is 48.7 Å². The summed E-state index contributed by atoms with van der Waals surface area (Å²) in [5.41, 5.74) is 9.27. The lowest BCUT2D eigenvalue weighted by Crippen LogP contribution is -1.99. The lowest BCUT2D eigenvalue weighted by molar-refractivity contribution is 0.837. The number of nitriles is 1. The lowest BCUT2D eigenvalue weighted by Gasteiger charge is -2.07. The molecular formula is C16H12ClN3. The van der Waals surface area contributed by atoms with Gasteiger partial charge in [0.05, 0.1) is 22.3 Å². The van der Waals surface area contributed by atoms with E-state index in [2.05, 4.69) is 10.6 Å². The van der Waals surface area contributed by atoms with E-state index in [9.17, 15) is 0 Å². The molecule has 1 heterocycles. The highest BCUT2D eigenvalue weighted by Crippen LogP contribution is 2.22. The van der Waals surface area contributed by atoms with Crippen molar-refractivity contribution in [2.45, 2.75) is 6.54 Å². The normalized spacial score (nSPS) is 10.6. The first kappa shape index (κ1) is 12.6. The molecule has 0 aliphatic carbocycles.